The lowest BCUT2D eigenvalue weighted by Gasteiger charge is -2.11. The van der Waals surface area contributed by atoms with Gasteiger partial charge in [0.05, 0.1) is 18.4 Å². The molecule has 0 saturated carbocycles. The Balaban J connectivity index is 2.24. The zero-order chi connectivity index (χ0) is 17.5. The third kappa shape index (κ3) is 4.28. The normalized spacial score (nSPS) is 10.1. The maximum absolute atomic E-state index is 12.5. The Hall–Kier alpha value is -2.96. The smallest absolute Gasteiger partial charge is 0.339 e. The molecule has 2 rings (SSSR count). The Morgan fingerprint density at radius 1 is 1.21 bits per heavy atom. The van der Waals surface area contributed by atoms with Crippen LogP contribution < -0.4 is 10.6 Å². The minimum absolute atomic E-state index is 0.223. The van der Waals surface area contributed by atoms with E-state index in [1.807, 2.05) is 6.92 Å². The number of nitrogens with zero attached hydrogens (tertiary/aromatic N) is 2. The molecule has 24 heavy (non-hydrogen) atoms. The van der Waals surface area contributed by atoms with Crippen molar-refractivity contribution in [1.29, 1.82) is 0 Å². The summed E-state index contributed by atoms with van der Waals surface area (Å²) in [5.74, 6) is 0.143. The third-order valence-corrected chi connectivity index (χ3v) is 3.21. The van der Waals surface area contributed by atoms with E-state index in [1.165, 1.54) is 7.11 Å². The number of carbonyl (C=O) groups is 2. The lowest BCUT2D eigenvalue weighted by atomic mass is 10.1. The lowest BCUT2D eigenvalue weighted by Crippen LogP contribution is -2.18. The predicted octanol–water partition coefficient (Wildman–Crippen LogP) is 2.65. The topological polar surface area (TPSA) is 93.2 Å². The highest BCUT2D eigenvalue weighted by molar-refractivity contribution is 6.07. The Labute approximate surface area is 140 Å². The Kier molecular flexibility index (Phi) is 5.83. The van der Waals surface area contributed by atoms with Gasteiger partial charge in [0.15, 0.2) is 0 Å². The average molecular weight is 328 g/mol. The van der Waals surface area contributed by atoms with Gasteiger partial charge in [-0.25, -0.2) is 14.8 Å². The number of carbonyl (C=O) groups excluding carboxylic acids is 2. The van der Waals surface area contributed by atoms with Crippen LogP contribution >= 0.6 is 0 Å². The van der Waals surface area contributed by atoms with Crippen LogP contribution in [-0.2, 0) is 4.74 Å². The number of nitrogens with one attached hydrogen (secondary N) is 2. The van der Waals surface area contributed by atoms with Crippen molar-refractivity contribution in [2.45, 2.75) is 20.3 Å². The summed E-state index contributed by atoms with van der Waals surface area (Å²) in [6, 6.07) is 8.22. The molecule has 0 unspecified atom stereocenters. The first-order chi connectivity index (χ1) is 11.5. The summed E-state index contributed by atoms with van der Waals surface area (Å²) in [6.07, 6.45) is 0.942. The van der Waals surface area contributed by atoms with Gasteiger partial charge in [0.25, 0.3) is 5.91 Å². The molecule has 0 radical (unpaired) electrons. The Morgan fingerprint density at radius 2 is 1.96 bits per heavy atom. The Morgan fingerprint density at radius 3 is 2.67 bits per heavy atom. The van der Waals surface area contributed by atoms with Gasteiger partial charge in [-0.3, -0.25) is 4.79 Å². The van der Waals surface area contributed by atoms with Crippen LogP contribution in [0.3, 0.4) is 0 Å². The fraction of sp³-hybridized carbons (Fsp3) is 0.294. The SMILES string of the molecule is CCCNc1cc(C(=O)Nc2ccccc2C(=O)OC)nc(C)n1. The maximum atomic E-state index is 12.5. The Bertz CT molecular complexity index is 746. The highest BCUT2D eigenvalue weighted by Gasteiger charge is 2.16. The van der Waals surface area contributed by atoms with Gasteiger partial charge >= 0.3 is 5.97 Å². The van der Waals surface area contributed by atoms with Crippen LogP contribution in [0.15, 0.2) is 30.3 Å². The van der Waals surface area contributed by atoms with E-state index in [9.17, 15) is 9.59 Å². The zero-order valence-corrected chi connectivity index (χ0v) is 13.9. The predicted molar refractivity (Wildman–Crippen MR) is 91.3 cm³/mol. The fourth-order valence-electron chi connectivity index (χ4n) is 2.09. The van der Waals surface area contributed by atoms with E-state index in [4.69, 9.17) is 4.74 Å². The van der Waals surface area contributed by atoms with Crippen LogP contribution in [0, 0.1) is 6.92 Å². The summed E-state index contributed by atoms with van der Waals surface area (Å²) in [7, 11) is 1.29. The quantitative estimate of drug-likeness (QED) is 0.792. The number of hydrogen-bond acceptors (Lipinski definition) is 6. The van der Waals surface area contributed by atoms with E-state index in [-0.39, 0.29) is 11.3 Å². The minimum Gasteiger partial charge on any atom is -0.465 e. The van der Waals surface area contributed by atoms with E-state index in [0.29, 0.717) is 17.3 Å². The van der Waals surface area contributed by atoms with Crippen molar-refractivity contribution in [2.24, 2.45) is 0 Å². The van der Waals surface area contributed by atoms with Crippen LogP contribution in [0.2, 0.25) is 0 Å². The number of para-hydroxylation sites is 1. The molecule has 0 spiro atoms. The van der Waals surface area contributed by atoms with Gasteiger partial charge in [0.1, 0.15) is 17.3 Å². The van der Waals surface area contributed by atoms with Crippen LogP contribution in [0.4, 0.5) is 11.5 Å². The van der Waals surface area contributed by atoms with E-state index < -0.39 is 11.9 Å². The summed E-state index contributed by atoms with van der Waals surface area (Å²) in [6.45, 7) is 4.51. The summed E-state index contributed by atoms with van der Waals surface area (Å²) in [5, 5.41) is 5.82. The molecule has 0 saturated heterocycles. The number of aromatic nitrogens is 2. The van der Waals surface area contributed by atoms with Gasteiger partial charge in [-0.15, -0.1) is 0 Å². The van der Waals surface area contributed by atoms with Gasteiger partial charge in [0.2, 0.25) is 0 Å². The highest BCUT2D eigenvalue weighted by atomic mass is 16.5. The first-order valence-electron chi connectivity index (χ1n) is 7.63. The van der Waals surface area contributed by atoms with Gasteiger partial charge in [-0.2, -0.15) is 0 Å². The number of benzene rings is 1. The van der Waals surface area contributed by atoms with Crippen molar-refractivity contribution in [3.63, 3.8) is 0 Å². The number of amides is 1. The molecule has 0 atom stereocenters. The molecule has 1 heterocycles. The van der Waals surface area contributed by atoms with Crippen LogP contribution in [-0.4, -0.2) is 35.5 Å². The van der Waals surface area contributed by atoms with Gasteiger partial charge in [-0.1, -0.05) is 19.1 Å². The number of rotatable bonds is 6. The standard InChI is InChI=1S/C17H20N4O3/c1-4-9-18-15-10-14(19-11(2)20-15)16(22)21-13-8-6-5-7-12(13)17(23)24-3/h5-8,10H,4,9H2,1-3H3,(H,21,22)(H,18,19,20). The molecular formula is C17H20N4O3. The molecule has 0 aliphatic rings. The first-order valence-corrected chi connectivity index (χ1v) is 7.63. The summed E-state index contributed by atoms with van der Waals surface area (Å²) in [5.41, 5.74) is 0.873. The van der Waals surface area contributed by atoms with Crippen molar-refractivity contribution in [3.05, 3.63) is 47.4 Å². The van der Waals surface area contributed by atoms with Crippen molar-refractivity contribution >= 4 is 23.4 Å². The number of esters is 1. The molecule has 1 aromatic heterocycles. The van der Waals surface area contributed by atoms with Crippen LogP contribution in [0.25, 0.3) is 0 Å². The summed E-state index contributed by atoms with van der Waals surface area (Å²) < 4.78 is 4.72. The molecule has 1 amide bonds. The minimum atomic E-state index is -0.518. The molecule has 0 aliphatic carbocycles. The molecule has 126 valence electrons. The monoisotopic (exact) mass is 328 g/mol. The van der Waals surface area contributed by atoms with Gasteiger partial charge < -0.3 is 15.4 Å². The summed E-state index contributed by atoms with van der Waals surface area (Å²) >= 11 is 0. The van der Waals surface area contributed by atoms with E-state index in [2.05, 4.69) is 20.6 Å². The number of aryl methyl sites for hydroxylation is 1. The largest absolute Gasteiger partial charge is 0.465 e. The zero-order valence-electron chi connectivity index (χ0n) is 13.9. The molecule has 2 aromatic rings. The molecule has 0 bridgehead atoms. The second-order valence-electron chi connectivity index (χ2n) is 5.10. The molecular weight excluding hydrogens is 308 g/mol. The fourth-order valence-corrected chi connectivity index (χ4v) is 2.09. The number of ether oxygens (including phenoxy) is 1. The average Bonchev–Trinajstić information content (AvgIpc) is 2.59. The second kappa shape index (κ2) is 8.05. The third-order valence-electron chi connectivity index (χ3n) is 3.21. The van der Waals surface area contributed by atoms with Crippen molar-refractivity contribution in [1.82, 2.24) is 9.97 Å². The number of anilines is 2. The highest BCUT2D eigenvalue weighted by Crippen LogP contribution is 2.17. The van der Waals surface area contributed by atoms with Crippen LogP contribution in [0.5, 0.6) is 0 Å². The molecule has 7 heteroatoms. The van der Waals surface area contributed by atoms with Crippen molar-refractivity contribution in [2.75, 3.05) is 24.3 Å². The number of methoxy groups -OCH3 is 1. The number of hydrogen-bond donors (Lipinski definition) is 2. The van der Waals surface area contributed by atoms with Crippen LogP contribution in [0.1, 0.15) is 40.0 Å². The molecule has 7 nitrogen and oxygen atoms in total. The first kappa shape index (κ1) is 17.4. The summed E-state index contributed by atoms with van der Waals surface area (Å²) in [4.78, 5) is 32.6. The van der Waals surface area contributed by atoms with Gasteiger partial charge in [-0.05, 0) is 25.5 Å². The lowest BCUT2D eigenvalue weighted by molar-refractivity contribution is 0.0602. The maximum Gasteiger partial charge on any atom is 0.339 e. The van der Waals surface area contributed by atoms with E-state index >= 15 is 0 Å². The molecule has 0 fully saturated rings. The van der Waals surface area contributed by atoms with E-state index in [0.717, 1.165) is 13.0 Å². The van der Waals surface area contributed by atoms with Crippen molar-refractivity contribution in [3.8, 4) is 0 Å². The molecule has 2 N–H and O–H groups in total. The molecule has 0 aliphatic heterocycles. The van der Waals surface area contributed by atoms with Crippen molar-refractivity contribution < 1.29 is 14.3 Å². The van der Waals surface area contributed by atoms with E-state index in [1.54, 1.807) is 37.3 Å². The second-order valence-corrected chi connectivity index (χ2v) is 5.10. The van der Waals surface area contributed by atoms with Gasteiger partial charge in [0, 0.05) is 12.6 Å². The molecule has 1 aromatic carbocycles.